The Hall–Kier alpha value is -2.96. The molecule has 38 heavy (non-hydrogen) atoms. The van der Waals surface area contributed by atoms with Crippen molar-refractivity contribution in [3.63, 3.8) is 0 Å². The van der Waals surface area contributed by atoms with Gasteiger partial charge in [0, 0.05) is 42.2 Å². The van der Waals surface area contributed by atoms with Crippen LogP contribution in [0.5, 0.6) is 0 Å². The highest BCUT2D eigenvalue weighted by Crippen LogP contribution is 2.26. The number of likely N-dealkylation sites (tertiary alicyclic amines) is 1. The Morgan fingerprint density at radius 1 is 1.18 bits per heavy atom. The van der Waals surface area contributed by atoms with Crippen molar-refractivity contribution in [1.29, 1.82) is 0 Å². The number of methoxy groups -OCH3 is 1. The summed E-state index contributed by atoms with van der Waals surface area (Å²) in [5.74, 6) is -0.0949. The summed E-state index contributed by atoms with van der Waals surface area (Å²) in [5, 5.41) is 6.99. The summed E-state index contributed by atoms with van der Waals surface area (Å²) < 4.78 is 22.0. The maximum Gasteiger partial charge on any atom is 0.413 e. The van der Waals surface area contributed by atoms with E-state index in [4.69, 9.17) is 42.8 Å². The van der Waals surface area contributed by atoms with E-state index < -0.39 is 12.3 Å². The fraction of sp³-hybridized carbons (Fsp3) is 0.423. The van der Waals surface area contributed by atoms with Crippen molar-refractivity contribution in [2.45, 2.75) is 25.7 Å². The summed E-state index contributed by atoms with van der Waals surface area (Å²) in [7, 11) is 1.61. The molecule has 2 heterocycles. The predicted octanol–water partition coefficient (Wildman–Crippen LogP) is 4.02. The predicted molar refractivity (Wildman–Crippen MR) is 149 cm³/mol. The van der Waals surface area contributed by atoms with Crippen LogP contribution >= 0.6 is 23.8 Å². The quantitative estimate of drug-likeness (QED) is 0.365. The van der Waals surface area contributed by atoms with Crippen molar-refractivity contribution in [2.24, 2.45) is 0 Å². The summed E-state index contributed by atoms with van der Waals surface area (Å²) in [5.41, 5.74) is 2.90. The number of carbonyl (C=O) groups is 2. The van der Waals surface area contributed by atoms with Gasteiger partial charge in [-0.25, -0.2) is 4.79 Å². The second-order valence-electron chi connectivity index (χ2n) is 8.89. The highest BCUT2D eigenvalue weighted by Gasteiger charge is 2.37. The first-order valence-corrected chi connectivity index (χ1v) is 13.0. The van der Waals surface area contributed by atoms with Crippen molar-refractivity contribution < 1.29 is 28.5 Å². The minimum atomic E-state index is -0.639. The van der Waals surface area contributed by atoms with Crippen LogP contribution in [0.4, 0.5) is 21.9 Å². The standard InChI is InChI=1S/C26H31ClN4O6S/c1-17-13-20(30-9-10-35-16-23(30)32)7-8-22(17)29-26(33)37-24-14-21(36-12-11-34-2)15-31(24)25(38)28-19-5-3-18(27)4-6-19/h3-8,13,21,24H,9-12,14-16H2,1-2H3,(H,28,38)(H,29,33)/t21-,24-/m1/s1. The van der Waals surface area contributed by atoms with Gasteiger partial charge in [-0.05, 0) is 67.2 Å². The van der Waals surface area contributed by atoms with Gasteiger partial charge in [0.25, 0.3) is 5.91 Å². The van der Waals surface area contributed by atoms with Crippen LogP contribution in [0.25, 0.3) is 0 Å². The molecule has 2 aliphatic rings. The number of nitrogens with zero attached hydrogens (tertiary/aromatic N) is 2. The zero-order valence-corrected chi connectivity index (χ0v) is 22.8. The summed E-state index contributed by atoms with van der Waals surface area (Å²) >= 11 is 11.6. The molecule has 0 bridgehead atoms. The van der Waals surface area contributed by atoms with Gasteiger partial charge in [-0.1, -0.05) is 11.6 Å². The van der Waals surface area contributed by atoms with Gasteiger partial charge in [-0.2, -0.15) is 0 Å². The van der Waals surface area contributed by atoms with E-state index in [-0.39, 0.29) is 18.6 Å². The van der Waals surface area contributed by atoms with E-state index in [1.807, 2.05) is 25.1 Å². The molecule has 2 aromatic rings. The smallest absolute Gasteiger partial charge is 0.413 e. The number of amides is 2. The van der Waals surface area contributed by atoms with Gasteiger partial charge in [0.2, 0.25) is 0 Å². The molecule has 0 spiro atoms. The molecule has 2 aromatic carbocycles. The van der Waals surface area contributed by atoms with Crippen molar-refractivity contribution in [3.05, 3.63) is 53.1 Å². The molecular formula is C26H31ClN4O6S. The van der Waals surface area contributed by atoms with Gasteiger partial charge in [-0.3, -0.25) is 10.1 Å². The van der Waals surface area contributed by atoms with E-state index in [1.54, 1.807) is 41.2 Å². The fourth-order valence-corrected chi connectivity index (χ4v) is 4.68. The zero-order valence-electron chi connectivity index (χ0n) is 21.3. The van der Waals surface area contributed by atoms with Crippen LogP contribution in [0.1, 0.15) is 12.0 Å². The first-order chi connectivity index (χ1) is 18.3. The van der Waals surface area contributed by atoms with Gasteiger partial charge in [0.05, 0.1) is 32.5 Å². The number of carbonyl (C=O) groups excluding carboxylic acids is 2. The molecule has 0 radical (unpaired) electrons. The molecule has 2 atom stereocenters. The summed E-state index contributed by atoms with van der Waals surface area (Å²) in [4.78, 5) is 28.5. The third kappa shape index (κ3) is 7.33. The molecule has 10 nitrogen and oxygen atoms in total. The third-order valence-electron chi connectivity index (χ3n) is 6.20. The molecule has 0 saturated carbocycles. The Bertz CT molecular complexity index is 1150. The molecular weight excluding hydrogens is 532 g/mol. The topological polar surface area (TPSA) is 102 Å². The van der Waals surface area contributed by atoms with E-state index in [2.05, 4.69) is 10.6 Å². The lowest BCUT2D eigenvalue weighted by Gasteiger charge is -2.28. The number of nitrogens with one attached hydrogen (secondary N) is 2. The van der Waals surface area contributed by atoms with Crippen LogP contribution in [0.3, 0.4) is 0 Å². The number of anilines is 3. The molecule has 0 aromatic heterocycles. The summed E-state index contributed by atoms with van der Waals surface area (Å²) in [6.07, 6.45) is -1.01. The number of thiocarbonyl (C=S) groups is 1. The monoisotopic (exact) mass is 562 g/mol. The molecule has 4 rings (SSSR count). The molecule has 2 saturated heterocycles. The van der Waals surface area contributed by atoms with E-state index in [0.717, 1.165) is 16.9 Å². The fourth-order valence-electron chi connectivity index (χ4n) is 4.25. The van der Waals surface area contributed by atoms with Crippen LogP contribution in [0.2, 0.25) is 5.02 Å². The Labute approximate surface area is 232 Å². The van der Waals surface area contributed by atoms with Crippen molar-refractivity contribution >= 4 is 58.0 Å². The number of hydrogen-bond donors (Lipinski definition) is 2. The number of ether oxygens (including phenoxy) is 4. The number of morpholine rings is 1. The summed E-state index contributed by atoms with van der Waals surface area (Å²) in [6.45, 7) is 4.22. The molecule has 0 unspecified atom stereocenters. The third-order valence-corrected chi connectivity index (χ3v) is 6.79. The summed E-state index contributed by atoms with van der Waals surface area (Å²) in [6, 6.07) is 12.6. The zero-order chi connectivity index (χ0) is 27.1. The molecule has 2 amide bonds. The lowest BCUT2D eigenvalue weighted by Crippen LogP contribution is -2.42. The van der Waals surface area contributed by atoms with Crippen molar-refractivity contribution in [2.75, 3.05) is 62.2 Å². The first kappa shape index (κ1) is 28.1. The number of benzene rings is 2. The number of rotatable bonds is 8. The highest BCUT2D eigenvalue weighted by molar-refractivity contribution is 7.80. The maximum atomic E-state index is 12.9. The van der Waals surface area contributed by atoms with E-state index in [0.29, 0.717) is 55.2 Å². The average molecular weight is 563 g/mol. The van der Waals surface area contributed by atoms with Crippen molar-refractivity contribution in [1.82, 2.24) is 4.90 Å². The van der Waals surface area contributed by atoms with E-state index in [1.165, 1.54) is 0 Å². The number of hydrogen-bond acceptors (Lipinski definition) is 7. The Morgan fingerprint density at radius 2 is 1.97 bits per heavy atom. The van der Waals surface area contributed by atoms with Gasteiger partial charge in [0.1, 0.15) is 6.61 Å². The second-order valence-corrected chi connectivity index (χ2v) is 9.72. The van der Waals surface area contributed by atoms with Gasteiger partial charge in [-0.15, -0.1) is 0 Å². The Morgan fingerprint density at radius 3 is 2.68 bits per heavy atom. The minimum Gasteiger partial charge on any atom is -0.425 e. The van der Waals surface area contributed by atoms with Crippen LogP contribution in [0.15, 0.2) is 42.5 Å². The van der Waals surface area contributed by atoms with Gasteiger partial charge >= 0.3 is 6.09 Å². The molecule has 0 aliphatic carbocycles. The number of aryl methyl sites for hydroxylation is 1. The molecule has 2 N–H and O–H groups in total. The van der Waals surface area contributed by atoms with E-state index >= 15 is 0 Å². The largest absolute Gasteiger partial charge is 0.425 e. The van der Waals surface area contributed by atoms with Crippen LogP contribution < -0.4 is 15.5 Å². The lowest BCUT2D eigenvalue weighted by molar-refractivity contribution is -0.125. The molecule has 2 aliphatic heterocycles. The SMILES string of the molecule is COCCO[C@@H]1C[C@@H](OC(=O)Nc2ccc(N3CCOCC3=O)cc2C)N(C(=S)Nc2ccc(Cl)cc2)C1. The Kier molecular flexibility index (Phi) is 9.75. The average Bonchev–Trinajstić information content (AvgIpc) is 3.29. The second kappa shape index (κ2) is 13.2. The highest BCUT2D eigenvalue weighted by atomic mass is 35.5. The lowest BCUT2D eigenvalue weighted by atomic mass is 10.1. The van der Waals surface area contributed by atoms with Crippen LogP contribution in [-0.2, 0) is 23.7 Å². The number of halogens is 1. The molecule has 204 valence electrons. The van der Waals surface area contributed by atoms with E-state index in [9.17, 15) is 9.59 Å². The normalized spacial score (nSPS) is 19.4. The Balaban J connectivity index is 1.40. The van der Waals surface area contributed by atoms with Crippen LogP contribution in [0, 0.1) is 6.92 Å². The molecule has 12 heteroatoms. The maximum absolute atomic E-state index is 12.9. The minimum absolute atomic E-state index is 0.0637. The van der Waals surface area contributed by atoms with Crippen LogP contribution in [-0.4, -0.2) is 81.0 Å². The van der Waals surface area contributed by atoms with Gasteiger partial charge in [0.15, 0.2) is 11.3 Å². The van der Waals surface area contributed by atoms with Crippen molar-refractivity contribution in [3.8, 4) is 0 Å². The van der Waals surface area contributed by atoms with Gasteiger partial charge < -0.3 is 34.1 Å². The molecule has 2 fully saturated rings. The first-order valence-electron chi connectivity index (χ1n) is 12.2.